The van der Waals surface area contributed by atoms with Crippen LogP contribution in [-0.4, -0.2) is 89.3 Å². The fourth-order valence-corrected chi connectivity index (χ4v) is 7.66. The molecule has 2 spiro atoms. The maximum atomic E-state index is 14.7. The highest BCUT2D eigenvalue weighted by atomic mass is 35.5. The number of hydrogen-bond acceptors (Lipinski definition) is 8. The normalized spacial score (nSPS) is 22.4. The molecule has 2 saturated heterocycles. The van der Waals surface area contributed by atoms with Gasteiger partial charge in [-0.15, -0.1) is 0 Å². The van der Waals surface area contributed by atoms with Crippen LogP contribution in [0.4, 0.5) is 25.1 Å². The monoisotopic (exact) mass is 723 g/mol. The van der Waals surface area contributed by atoms with Gasteiger partial charge in [0, 0.05) is 24.4 Å². The first-order chi connectivity index (χ1) is 24.2. The largest absolute Gasteiger partial charge is 0.444 e. The summed E-state index contributed by atoms with van der Waals surface area (Å²) in [6.07, 6.45) is 1.51. The highest BCUT2D eigenvalue weighted by molar-refractivity contribution is 6.34. The van der Waals surface area contributed by atoms with Crippen molar-refractivity contribution < 1.29 is 42.2 Å². The maximum absolute atomic E-state index is 14.7. The molecule has 1 aromatic heterocycles. The molecule has 3 aliphatic heterocycles. The first kappa shape index (κ1) is 34.8. The van der Waals surface area contributed by atoms with Crippen LogP contribution in [0.1, 0.15) is 49.1 Å². The lowest BCUT2D eigenvalue weighted by Gasteiger charge is -2.51. The van der Waals surface area contributed by atoms with Gasteiger partial charge in [0.05, 0.1) is 48.6 Å². The van der Waals surface area contributed by atoms with Crippen LogP contribution in [0.5, 0.6) is 0 Å². The first-order valence-electron chi connectivity index (χ1n) is 16.5. The SMILES string of the molecule is CC(C)(C)OC(=O)N1C[C@@H](c2cc(F)cc(F)c2)N(CC(=O)Nc2cc3c(cc2Cl)CC2(C3)C(=O)Nc3ncccc32)C(=O)C12COCCOC2. The zero-order valence-electron chi connectivity index (χ0n) is 28.2. The Labute approximate surface area is 297 Å². The second kappa shape index (κ2) is 12.8. The van der Waals surface area contributed by atoms with Crippen LogP contribution in [-0.2, 0) is 46.9 Å². The third-order valence-electron chi connectivity index (χ3n) is 9.70. The number of rotatable bonds is 4. The Morgan fingerprint density at radius 1 is 1.06 bits per heavy atom. The number of benzene rings is 2. The zero-order valence-corrected chi connectivity index (χ0v) is 28.9. The number of piperazine rings is 1. The average molecular weight is 724 g/mol. The molecule has 268 valence electrons. The van der Waals surface area contributed by atoms with Gasteiger partial charge in [-0.25, -0.2) is 18.6 Å². The number of ether oxygens (including phenoxy) is 3. The van der Waals surface area contributed by atoms with E-state index in [0.29, 0.717) is 24.7 Å². The smallest absolute Gasteiger partial charge is 0.411 e. The molecular formula is C36H36ClF2N5O7. The van der Waals surface area contributed by atoms with E-state index >= 15 is 0 Å². The van der Waals surface area contributed by atoms with Crippen LogP contribution < -0.4 is 10.6 Å². The van der Waals surface area contributed by atoms with Gasteiger partial charge in [0.1, 0.15) is 29.6 Å². The minimum atomic E-state index is -1.74. The fraction of sp³-hybridized carbons (Fsp3) is 0.417. The molecule has 2 N–H and O–H groups in total. The molecule has 4 heterocycles. The quantitative estimate of drug-likeness (QED) is 0.400. The van der Waals surface area contributed by atoms with Crippen LogP contribution in [0.15, 0.2) is 48.7 Å². The fourth-order valence-electron chi connectivity index (χ4n) is 7.43. The number of halogens is 3. The van der Waals surface area contributed by atoms with Crippen molar-refractivity contribution >= 4 is 46.9 Å². The highest BCUT2D eigenvalue weighted by Crippen LogP contribution is 2.48. The zero-order chi connectivity index (χ0) is 36.3. The van der Waals surface area contributed by atoms with Crippen LogP contribution >= 0.6 is 11.6 Å². The van der Waals surface area contributed by atoms with Gasteiger partial charge in [-0.05, 0) is 80.6 Å². The van der Waals surface area contributed by atoms with Crippen LogP contribution in [0, 0.1) is 11.6 Å². The average Bonchev–Trinajstić information content (AvgIpc) is 3.42. The Kier molecular flexibility index (Phi) is 8.75. The third kappa shape index (κ3) is 6.29. The Morgan fingerprint density at radius 2 is 1.73 bits per heavy atom. The molecule has 0 radical (unpaired) electrons. The van der Waals surface area contributed by atoms with E-state index in [2.05, 4.69) is 15.6 Å². The minimum Gasteiger partial charge on any atom is -0.444 e. The van der Waals surface area contributed by atoms with E-state index in [4.69, 9.17) is 25.8 Å². The number of amides is 4. The number of nitrogens with zero attached hydrogens (tertiary/aromatic N) is 3. The number of hydrogen-bond donors (Lipinski definition) is 2. The number of aromatic nitrogens is 1. The van der Waals surface area contributed by atoms with Gasteiger partial charge < -0.3 is 29.7 Å². The molecule has 1 unspecified atom stereocenters. The molecule has 2 fully saturated rings. The summed E-state index contributed by atoms with van der Waals surface area (Å²) in [5.74, 6) is -2.84. The molecule has 15 heteroatoms. The molecule has 3 aromatic rings. The Bertz CT molecular complexity index is 1930. The predicted molar refractivity (Wildman–Crippen MR) is 180 cm³/mol. The second-order valence-corrected chi connectivity index (χ2v) is 14.7. The molecule has 7 rings (SSSR count). The number of fused-ring (bicyclic) bond motifs is 3. The van der Waals surface area contributed by atoms with Gasteiger partial charge in [-0.3, -0.25) is 19.3 Å². The van der Waals surface area contributed by atoms with E-state index in [0.717, 1.165) is 28.8 Å². The van der Waals surface area contributed by atoms with Crippen molar-refractivity contribution in [1.29, 1.82) is 0 Å². The van der Waals surface area contributed by atoms with Gasteiger partial charge in [-0.2, -0.15) is 0 Å². The molecule has 0 saturated carbocycles. The van der Waals surface area contributed by atoms with E-state index in [9.17, 15) is 28.0 Å². The second-order valence-electron chi connectivity index (χ2n) is 14.3. The summed E-state index contributed by atoms with van der Waals surface area (Å²) < 4.78 is 46.3. The summed E-state index contributed by atoms with van der Waals surface area (Å²) in [6.45, 7) is 3.91. The predicted octanol–water partition coefficient (Wildman–Crippen LogP) is 4.55. The molecular weight excluding hydrogens is 688 g/mol. The Hall–Kier alpha value is -4.66. The standard InChI is InChI=1S/C36H36ClF2N5O7/c1-34(2,3)51-33(48)44-16-28(20-9-23(38)13-24(39)10-20)43(32(47)36(44)18-49-7-8-50-19-36)17-29(45)41-27-12-22-15-35(14-21(22)11-26(27)37)25-5-4-6-40-30(25)42-31(35)46/h4-6,9-13,28H,7-8,14-19H2,1-3H3,(H,41,45)(H,40,42,46)/t28-,35?/m0/s1. The lowest BCUT2D eigenvalue weighted by atomic mass is 9.79. The molecule has 4 aliphatic rings. The third-order valence-corrected chi connectivity index (χ3v) is 10.0. The van der Waals surface area contributed by atoms with E-state index in [1.165, 1.54) is 9.80 Å². The number of carbonyl (C=O) groups excluding carboxylic acids is 4. The summed E-state index contributed by atoms with van der Waals surface area (Å²) >= 11 is 6.67. The van der Waals surface area contributed by atoms with Crippen molar-refractivity contribution in [2.75, 3.05) is 50.2 Å². The van der Waals surface area contributed by atoms with Gasteiger partial charge in [0.25, 0.3) is 5.91 Å². The van der Waals surface area contributed by atoms with Crippen molar-refractivity contribution in [3.05, 3.63) is 87.6 Å². The molecule has 51 heavy (non-hydrogen) atoms. The number of carbonyl (C=O) groups is 4. The number of nitrogens with one attached hydrogen (secondary N) is 2. The van der Waals surface area contributed by atoms with Crippen molar-refractivity contribution in [1.82, 2.24) is 14.8 Å². The minimum absolute atomic E-state index is 0.0259. The highest BCUT2D eigenvalue weighted by Gasteiger charge is 2.57. The maximum Gasteiger partial charge on any atom is 0.411 e. The molecule has 4 amide bonds. The summed E-state index contributed by atoms with van der Waals surface area (Å²) in [5.41, 5.74) is -0.815. The van der Waals surface area contributed by atoms with Crippen molar-refractivity contribution in [3.63, 3.8) is 0 Å². The van der Waals surface area contributed by atoms with E-state index < -0.39 is 58.7 Å². The van der Waals surface area contributed by atoms with Gasteiger partial charge in [0.2, 0.25) is 11.8 Å². The number of pyridine rings is 1. The van der Waals surface area contributed by atoms with Crippen LogP contribution in [0.3, 0.4) is 0 Å². The van der Waals surface area contributed by atoms with Crippen LogP contribution in [0.2, 0.25) is 5.02 Å². The summed E-state index contributed by atoms with van der Waals surface area (Å²) in [5, 5.41) is 5.87. The lowest BCUT2D eigenvalue weighted by Crippen LogP contribution is -2.72. The summed E-state index contributed by atoms with van der Waals surface area (Å²) in [7, 11) is 0. The van der Waals surface area contributed by atoms with E-state index in [1.807, 2.05) is 6.07 Å². The van der Waals surface area contributed by atoms with Crippen molar-refractivity contribution in [2.45, 2.75) is 56.2 Å². The number of anilines is 2. The summed E-state index contributed by atoms with van der Waals surface area (Å²) in [4.78, 5) is 62.0. The van der Waals surface area contributed by atoms with Gasteiger partial charge in [-0.1, -0.05) is 17.7 Å². The van der Waals surface area contributed by atoms with Crippen molar-refractivity contribution in [2.24, 2.45) is 0 Å². The van der Waals surface area contributed by atoms with Gasteiger partial charge in [0.15, 0.2) is 5.54 Å². The molecule has 2 aromatic carbocycles. The lowest BCUT2D eigenvalue weighted by molar-refractivity contribution is -0.165. The Balaban J connectivity index is 1.20. The van der Waals surface area contributed by atoms with Crippen LogP contribution in [0.25, 0.3) is 0 Å². The molecule has 2 atom stereocenters. The Morgan fingerprint density at radius 3 is 2.39 bits per heavy atom. The van der Waals surface area contributed by atoms with E-state index in [-0.39, 0.29) is 55.2 Å². The topological polar surface area (TPSA) is 139 Å². The molecule has 1 aliphatic carbocycles. The molecule has 0 bridgehead atoms. The summed E-state index contributed by atoms with van der Waals surface area (Å²) in [6, 6.07) is 8.70. The van der Waals surface area contributed by atoms with E-state index in [1.54, 1.807) is 45.2 Å². The van der Waals surface area contributed by atoms with Gasteiger partial charge >= 0.3 is 6.09 Å². The molecule has 12 nitrogen and oxygen atoms in total. The first-order valence-corrected chi connectivity index (χ1v) is 16.9. The van der Waals surface area contributed by atoms with Crippen molar-refractivity contribution in [3.8, 4) is 0 Å².